The summed E-state index contributed by atoms with van der Waals surface area (Å²) in [6.45, 7) is 0.550. The highest BCUT2D eigenvalue weighted by atomic mass is 16.5. The van der Waals surface area contributed by atoms with E-state index in [1.54, 1.807) is 0 Å². The van der Waals surface area contributed by atoms with E-state index in [4.69, 9.17) is 10.5 Å². The van der Waals surface area contributed by atoms with Gasteiger partial charge in [0.15, 0.2) is 5.96 Å². The van der Waals surface area contributed by atoms with Crippen LogP contribution in [-0.2, 0) is 12.8 Å². The zero-order valence-corrected chi connectivity index (χ0v) is 13.1. The topological polar surface area (TPSA) is 59.6 Å². The van der Waals surface area contributed by atoms with Crippen molar-refractivity contribution in [1.29, 1.82) is 0 Å². The SMILES string of the molecule is NC(=NC1COc2ccccc21)Nc1cccc2c1CCCC2. The quantitative estimate of drug-likeness (QED) is 0.660. The molecular weight excluding hydrogens is 286 g/mol. The third-order valence-electron chi connectivity index (χ3n) is 4.63. The van der Waals surface area contributed by atoms with Gasteiger partial charge in [-0.05, 0) is 48.9 Å². The first-order chi connectivity index (χ1) is 11.3. The molecule has 0 bridgehead atoms. The van der Waals surface area contributed by atoms with Crippen molar-refractivity contribution in [3.8, 4) is 5.75 Å². The second-order valence-corrected chi connectivity index (χ2v) is 6.15. The number of benzene rings is 2. The lowest BCUT2D eigenvalue weighted by Gasteiger charge is -2.20. The number of nitrogens with one attached hydrogen (secondary N) is 1. The zero-order valence-electron chi connectivity index (χ0n) is 13.1. The number of hydrogen-bond acceptors (Lipinski definition) is 2. The average molecular weight is 307 g/mol. The van der Waals surface area contributed by atoms with Gasteiger partial charge in [0.1, 0.15) is 18.4 Å². The summed E-state index contributed by atoms with van der Waals surface area (Å²) in [4.78, 5) is 4.62. The van der Waals surface area contributed by atoms with E-state index >= 15 is 0 Å². The standard InChI is InChI=1S/C19H21N3O/c20-19(22-17-12-23-18-11-4-3-9-15(17)18)21-16-10-5-7-13-6-1-2-8-14(13)16/h3-5,7,9-11,17H,1-2,6,8,12H2,(H3,20,21,22). The summed E-state index contributed by atoms with van der Waals surface area (Å²) in [6.07, 6.45) is 4.79. The maximum absolute atomic E-state index is 6.16. The molecule has 1 aliphatic heterocycles. The molecule has 2 aromatic carbocycles. The van der Waals surface area contributed by atoms with Gasteiger partial charge in [-0.3, -0.25) is 0 Å². The van der Waals surface area contributed by atoms with Crippen LogP contribution in [0, 0.1) is 0 Å². The van der Waals surface area contributed by atoms with E-state index in [1.165, 1.54) is 24.0 Å². The molecule has 0 fully saturated rings. The minimum Gasteiger partial charge on any atom is -0.491 e. The lowest BCUT2D eigenvalue weighted by atomic mass is 9.90. The fourth-order valence-electron chi connectivity index (χ4n) is 3.49. The van der Waals surface area contributed by atoms with E-state index in [2.05, 4.69) is 28.5 Å². The van der Waals surface area contributed by atoms with E-state index in [0.29, 0.717) is 12.6 Å². The fraction of sp³-hybridized carbons (Fsp3) is 0.316. The lowest BCUT2D eigenvalue weighted by Crippen LogP contribution is -2.25. The molecule has 0 saturated carbocycles. The minimum atomic E-state index is -0.0294. The molecule has 4 heteroatoms. The Morgan fingerprint density at radius 3 is 2.91 bits per heavy atom. The van der Waals surface area contributed by atoms with Crippen LogP contribution in [0.2, 0.25) is 0 Å². The molecule has 1 unspecified atom stereocenters. The van der Waals surface area contributed by atoms with Gasteiger partial charge in [0.25, 0.3) is 0 Å². The van der Waals surface area contributed by atoms with Crippen LogP contribution in [0.15, 0.2) is 47.5 Å². The van der Waals surface area contributed by atoms with Gasteiger partial charge >= 0.3 is 0 Å². The predicted molar refractivity (Wildman–Crippen MR) is 93.0 cm³/mol. The molecule has 1 atom stereocenters. The molecule has 0 radical (unpaired) electrons. The number of nitrogens with two attached hydrogens (primary N) is 1. The summed E-state index contributed by atoms with van der Waals surface area (Å²) in [5.74, 6) is 1.36. The number of hydrogen-bond donors (Lipinski definition) is 2. The van der Waals surface area contributed by atoms with Crippen molar-refractivity contribution in [2.24, 2.45) is 10.7 Å². The van der Waals surface area contributed by atoms with Gasteiger partial charge in [0, 0.05) is 11.3 Å². The van der Waals surface area contributed by atoms with E-state index < -0.39 is 0 Å². The van der Waals surface area contributed by atoms with Gasteiger partial charge in [-0.2, -0.15) is 0 Å². The number of aliphatic imine (C=N–C) groups is 1. The van der Waals surface area contributed by atoms with Crippen molar-refractivity contribution in [1.82, 2.24) is 0 Å². The van der Waals surface area contributed by atoms with Crippen molar-refractivity contribution in [3.05, 3.63) is 59.2 Å². The van der Waals surface area contributed by atoms with Crippen molar-refractivity contribution in [3.63, 3.8) is 0 Å². The Bertz CT molecular complexity index is 754. The van der Waals surface area contributed by atoms with Crippen molar-refractivity contribution >= 4 is 11.6 Å². The van der Waals surface area contributed by atoms with Crippen LogP contribution in [-0.4, -0.2) is 12.6 Å². The smallest absolute Gasteiger partial charge is 0.193 e. The molecule has 0 saturated heterocycles. The normalized spacial score (nSPS) is 19.7. The van der Waals surface area contributed by atoms with E-state index in [1.807, 2.05) is 24.3 Å². The average Bonchev–Trinajstić information content (AvgIpc) is 2.98. The Morgan fingerprint density at radius 2 is 1.96 bits per heavy atom. The molecule has 0 amide bonds. The molecule has 3 N–H and O–H groups in total. The highest BCUT2D eigenvalue weighted by molar-refractivity contribution is 5.93. The van der Waals surface area contributed by atoms with Crippen molar-refractivity contribution < 1.29 is 4.74 Å². The largest absolute Gasteiger partial charge is 0.491 e. The molecule has 2 aliphatic rings. The Labute approximate surface area is 136 Å². The van der Waals surface area contributed by atoms with Crippen LogP contribution in [0.25, 0.3) is 0 Å². The van der Waals surface area contributed by atoms with E-state index in [-0.39, 0.29) is 6.04 Å². The zero-order chi connectivity index (χ0) is 15.6. The van der Waals surface area contributed by atoms with Crippen LogP contribution in [0.1, 0.15) is 35.6 Å². The monoisotopic (exact) mass is 307 g/mol. The highest BCUT2D eigenvalue weighted by Crippen LogP contribution is 2.34. The van der Waals surface area contributed by atoms with Crippen LogP contribution >= 0.6 is 0 Å². The first-order valence-electron chi connectivity index (χ1n) is 8.24. The second-order valence-electron chi connectivity index (χ2n) is 6.15. The first kappa shape index (κ1) is 14.1. The Balaban J connectivity index is 1.56. The lowest BCUT2D eigenvalue weighted by molar-refractivity contribution is 0.334. The molecule has 0 aromatic heterocycles. The van der Waals surface area contributed by atoms with Gasteiger partial charge in [0.2, 0.25) is 0 Å². The first-order valence-corrected chi connectivity index (χ1v) is 8.24. The van der Waals surface area contributed by atoms with Crippen LogP contribution < -0.4 is 15.8 Å². The fourth-order valence-corrected chi connectivity index (χ4v) is 3.49. The molecule has 1 aliphatic carbocycles. The van der Waals surface area contributed by atoms with Gasteiger partial charge < -0.3 is 15.8 Å². The third kappa shape index (κ3) is 2.77. The molecule has 4 rings (SSSR count). The number of ether oxygens (including phenoxy) is 1. The molecule has 118 valence electrons. The second kappa shape index (κ2) is 5.95. The summed E-state index contributed by atoms with van der Waals surface area (Å²) in [5, 5.41) is 3.30. The number of para-hydroxylation sites is 1. The molecule has 23 heavy (non-hydrogen) atoms. The summed E-state index contributed by atoms with van der Waals surface area (Å²) in [5.41, 5.74) is 11.2. The van der Waals surface area contributed by atoms with Crippen LogP contribution in [0.4, 0.5) is 5.69 Å². The predicted octanol–water partition coefficient (Wildman–Crippen LogP) is 3.43. The van der Waals surface area contributed by atoms with E-state index in [0.717, 1.165) is 29.8 Å². The van der Waals surface area contributed by atoms with Crippen molar-refractivity contribution in [2.45, 2.75) is 31.7 Å². The maximum atomic E-state index is 6.16. The molecule has 4 nitrogen and oxygen atoms in total. The third-order valence-corrected chi connectivity index (χ3v) is 4.63. The Hall–Kier alpha value is -2.49. The van der Waals surface area contributed by atoms with Gasteiger partial charge in [-0.15, -0.1) is 0 Å². The minimum absolute atomic E-state index is 0.0294. The molecule has 2 aromatic rings. The van der Waals surface area contributed by atoms with Crippen molar-refractivity contribution in [2.75, 3.05) is 11.9 Å². The van der Waals surface area contributed by atoms with Gasteiger partial charge in [0.05, 0.1) is 0 Å². The summed E-state index contributed by atoms with van der Waals surface area (Å²) in [6, 6.07) is 14.4. The number of rotatable bonds is 2. The number of nitrogens with zero attached hydrogens (tertiary/aromatic N) is 1. The van der Waals surface area contributed by atoms with Crippen LogP contribution in [0.3, 0.4) is 0 Å². The molecular formula is C19H21N3O. The number of fused-ring (bicyclic) bond motifs is 2. The Kier molecular flexibility index (Phi) is 3.66. The van der Waals surface area contributed by atoms with Crippen LogP contribution in [0.5, 0.6) is 5.75 Å². The molecule has 0 spiro atoms. The maximum Gasteiger partial charge on any atom is 0.193 e. The summed E-state index contributed by atoms with van der Waals surface area (Å²) >= 11 is 0. The van der Waals surface area contributed by atoms with E-state index in [9.17, 15) is 0 Å². The molecule has 1 heterocycles. The summed E-state index contributed by atoms with van der Waals surface area (Å²) < 4.78 is 5.66. The number of anilines is 1. The number of aryl methyl sites for hydroxylation is 1. The van der Waals surface area contributed by atoms with Gasteiger partial charge in [-0.1, -0.05) is 30.3 Å². The number of guanidine groups is 1. The highest BCUT2D eigenvalue weighted by Gasteiger charge is 2.23. The summed E-state index contributed by atoms with van der Waals surface area (Å²) in [7, 11) is 0. The Morgan fingerprint density at radius 1 is 1.09 bits per heavy atom. The van der Waals surface area contributed by atoms with Gasteiger partial charge in [-0.25, -0.2) is 4.99 Å².